The van der Waals surface area contributed by atoms with E-state index in [9.17, 15) is 4.79 Å². The molecule has 0 fully saturated rings. The van der Waals surface area contributed by atoms with Crippen molar-refractivity contribution in [3.63, 3.8) is 0 Å². The summed E-state index contributed by atoms with van der Waals surface area (Å²) in [6, 6.07) is 7.72. The van der Waals surface area contributed by atoms with Crippen LogP contribution in [0.15, 0.2) is 39.2 Å². The van der Waals surface area contributed by atoms with Crippen LogP contribution in [0.1, 0.15) is 21.7 Å². The molecule has 102 valence electrons. The zero-order chi connectivity index (χ0) is 14.1. The minimum Gasteiger partial charge on any atom is -0.452 e. The predicted octanol–water partition coefficient (Wildman–Crippen LogP) is 3.57. The predicted molar refractivity (Wildman–Crippen MR) is 79.1 cm³/mol. The van der Waals surface area contributed by atoms with Gasteiger partial charge in [0.15, 0.2) is 12.0 Å². The molecule has 1 aromatic heterocycles. The number of fused-ring (bicyclic) bond motifs is 1. The molecule has 4 nitrogen and oxygen atoms in total. The lowest BCUT2D eigenvalue weighted by Gasteiger charge is -2.08. The van der Waals surface area contributed by atoms with Crippen molar-refractivity contribution < 1.29 is 14.0 Å². The molecule has 2 aromatic rings. The molecule has 0 unspecified atom stereocenters. The Balaban J connectivity index is 1.98. The van der Waals surface area contributed by atoms with Gasteiger partial charge in [0.05, 0.1) is 17.3 Å². The normalized spacial score (nSPS) is 13.0. The number of allylic oxidation sites excluding steroid dienone is 1. The third kappa shape index (κ3) is 2.19. The molecule has 0 amide bonds. The molecule has 0 bridgehead atoms. The highest BCUT2D eigenvalue weighted by molar-refractivity contribution is 9.10. The van der Waals surface area contributed by atoms with E-state index < -0.39 is 0 Å². The summed E-state index contributed by atoms with van der Waals surface area (Å²) in [6.45, 7) is 0. The number of hydroxylamine groups is 1. The molecular formula is C15H12BrNO3. The van der Waals surface area contributed by atoms with Crippen LogP contribution in [0.25, 0.3) is 17.0 Å². The molecule has 5 heteroatoms. The zero-order valence-corrected chi connectivity index (χ0v) is 12.4. The minimum absolute atomic E-state index is 0.312. The average molecular weight is 334 g/mol. The van der Waals surface area contributed by atoms with Gasteiger partial charge in [-0.2, -0.15) is 0 Å². The fourth-order valence-corrected chi connectivity index (χ4v) is 2.87. The van der Waals surface area contributed by atoms with Crippen LogP contribution >= 0.6 is 15.9 Å². The molecule has 0 atom stereocenters. The van der Waals surface area contributed by atoms with Crippen molar-refractivity contribution in [3.8, 4) is 11.3 Å². The molecule has 1 heterocycles. The number of halogens is 1. The van der Waals surface area contributed by atoms with Crippen LogP contribution in [0, 0.1) is 0 Å². The number of benzene rings is 1. The van der Waals surface area contributed by atoms with E-state index in [-0.39, 0.29) is 0 Å². The average Bonchev–Trinajstić information content (AvgIpc) is 3.03. The van der Waals surface area contributed by atoms with Crippen LogP contribution in [0.3, 0.4) is 0 Å². The van der Waals surface area contributed by atoms with E-state index >= 15 is 0 Å². The van der Waals surface area contributed by atoms with Crippen molar-refractivity contribution in [1.82, 2.24) is 5.48 Å². The van der Waals surface area contributed by atoms with Crippen LogP contribution in [0.2, 0.25) is 0 Å². The summed E-state index contributed by atoms with van der Waals surface area (Å²) in [4.78, 5) is 15.7. The zero-order valence-electron chi connectivity index (χ0n) is 10.8. The van der Waals surface area contributed by atoms with Gasteiger partial charge in [0.2, 0.25) is 0 Å². The quantitative estimate of drug-likeness (QED) is 0.686. The van der Waals surface area contributed by atoms with E-state index in [4.69, 9.17) is 9.25 Å². The molecule has 1 aliphatic carbocycles. The Labute approximate surface area is 124 Å². The number of furan rings is 1. The van der Waals surface area contributed by atoms with Crippen LogP contribution < -0.4 is 5.48 Å². The van der Waals surface area contributed by atoms with E-state index in [1.54, 1.807) is 13.2 Å². The first-order valence-corrected chi connectivity index (χ1v) is 6.89. The minimum atomic E-state index is 0.312. The van der Waals surface area contributed by atoms with Gasteiger partial charge in [-0.3, -0.25) is 15.1 Å². The molecule has 3 rings (SSSR count). The second kappa shape index (κ2) is 5.26. The van der Waals surface area contributed by atoms with Gasteiger partial charge in [-0.05, 0) is 34.0 Å². The summed E-state index contributed by atoms with van der Waals surface area (Å²) in [5.74, 6) is 0.982. The van der Waals surface area contributed by atoms with Gasteiger partial charge >= 0.3 is 0 Å². The maximum absolute atomic E-state index is 10.8. The summed E-state index contributed by atoms with van der Waals surface area (Å²) in [5.41, 5.74) is 7.09. The molecule has 0 aliphatic heterocycles. The van der Waals surface area contributed by atoms with Crippen LogP contribution in [0.4, 0.5) is 0 Å². The highest BCUT2D eigenvalue weighted by Crippen LogP contribution is 2.35. The summed E-state index contributed by atoms with van der Waals surface area (Å²) < 4.78 is 6.29. The Kier molecular flexibility index (Phi) is 3.46. The Morgan fingerprint density at radius 3 is 2.95 bits per heavy atom. The molecule has 0 saturated heterocycles. The molecule has 0 spiro atoms. The van der Waals surface area contributed by atoms with E-state index in [2.05, 4.69) is 33.6 Å². The molecule has 0 radical (unpaired) electrons. The number of hydrogen-bond acceptors (Lipinski definition) is 4. The van der Waals surface area contributed by atoms with Gasteiger partial charge in [0.25, 0.3) is 0 Å². The van der Waals surface area contributed by atoms with Crippen molar-refractivity contribution in [1.29, 1.82) is 0 Å². The van der Waals surface area contributed by atoms with Gasteiger partial charge in [-0.25, -0.2) is 0 Å². The molecule has 0 saturated carbocycles. The largest absolute Gasteiger partial charge is 0.452 e. The smallest absolute Gasteiger partial charge is 0.185 e. The Bertz CT molecular complexity index is 703. The highest BCUT2D eigenvalue weighted by atomic mass is 79.9. The first-order valence-electron chi connectivity index (χ1n) is 6.10. The van der Waals surface area contributed by atoms with Gasteiger partial charge in [-0.1, -0.05) is 18.2 Å². The van der Waals surface area contributed by atoms with Crippen molar-refractivity contribution >= 4 is 27.9 Å². The van der Waals surface area contributed by atoms with E-state index in [0.717, 1.165) is 27.7 Å². The second-order valence-electron chi connectivity index (χ2n) is 4.44. The lowest BCUT2D eigenvalue weighted by atomic mass is 10.0. The monoisotopic (exact) mass is 333 g/mol. The number of hydrogen-bond donors (Lipinski definition) is 1. The summed E-state index contributed by atoms with van der Waals surface area (Å²) >= 11 is 3.41. The summed E-state index contributed by atoms with van der Waals surface area (Å²) in [7, 11) is 1.59. The molecule has 1 aromatic carbocycles. The number of carbonyl (C=O) groups is 1. The van der Waals surface area contributed by atoms with E-state index in [1.807, 2.05) is 12.1 Å². The van der Waals surface area contributed by atoms with Crippen molar-refractivity contribution in [3.05, 3.63) is 51.7 Å². The Morgan fingerprint density at radius 1 is 1.40 bits per heavy atom. The lowest BCUT2D eigenvalue weighted by molar-refractivity contribution is 0.110. The highest BCUT2D eigenvalue weighted by Gasteiger charge is 2.17. The van der Waals surface area contributed by atoms with Crippen molar-refractivity contribution in [2.45, 2.75) is 6.42 Å². The molecule has 1 aliphatic rings. The SMILES string of the molecule is CONC1=CCc2cc(-c3oc(C=O)cc3Br)ccc21. The van der Waals surface area contributed by atoms with Crippen LogP contribution in [-0.2, 0) is 11.3 Å². The van der Waals surface area contributed by atoms with Crippen LogP contribution in [0.5, 0.6) is 0 Å². The van der Waals surface area contributed by atoms with Crippen LogP contribution in [-0.4, -0.2) is 13.4 Å². The fourth-order valence-electron chi connectivity index (χ4n) is 2.34. The third-order valence-electron chi connectivity index (χ3n) is 3.22. The molecule has 20 heavy (non-hydrogen) atoms. The molecule has 1 N–H and O–H groups in total. The standard InChI is InChI=1S/C15H12BrNO3/c1-19-17-14-5-3-9-6-10(2-4-12(9)14)15-13(16)7-11(8-18)20-15/h2,4-8,17H,3H2,1H3. The maximum Gasteiger partial charge on any atom is 0.185 e. The first kappa shape index (κ1) is 13.1. The number of nitrogens with one attached hydrogen (secondary N) is 1. The van der Waals surface area contributed by atoms with E-state index in [0.29, 0.717) is 17.8 Å². The van der Waals surface area contributed by atoms with Gasteiger partial charge in [-0.15, -0.1) is 0 Å². The molecular weight excluding hydrogens is 322 g/mol. The number of rotatable bonds is 4. The first-order chi connectivity index (χ1) is 9.72. The summed E-state index contributed by atoms with van der Waals surface area (Å²) in [6.07, 6.45) is 3.61. The van der Waals surface area contributed by atoms with Gasteiger partial charge < -0.3 is 4.42 Å². The van der Waals surface area contributed by atoms with E-state index in [1.165, 1.54) is 5.56 Å². The van der Waals surface area contributed by atoms with Crippen molar-refractivity contribution in [2.24, 2.45) is 0 Å². The number of aldehydes is 1. The Hall–Kier alpha value is -1.85. The Morgan fingerprint density at radius 2 is 2.25 bits per heavy atom. The lowest BCUT2D eigenvalue weighted by Crippen LogP contribution is -2.08. The van der Waals surface area contributed by atoms with Crippen molar-refractivity contribution in [2.75, 3.05) is 7.11 Å². The second-order valence-corrected chi connectivity index (χ2v) is 5.30. The fraction of sp³-hybridized carbons (Fsp3) is 0.133. The number of carbonyl (C=O) groups excluding carboxylic acids is 1. The summed E-state index contributed by atoms with van der Waals surface area (Å²) in [5, 5.41) is 0. The van der Waals surface area contributed by atoms with Gasteiger partial charge in [0.1, 0.15) is 5.76 Å². The maximum atomic E-state index is 10.8. The third-order valence-corrected chi connectivity index (χ3v) is 3.81. The van der Waals surface area contributed by atoms with Gasteiger partial charge in [0, 0.05) is 17.2 Å². The topological polar surface area (TPSA) is 51.5 Å².